The molecule has 0 aliphatic heterocycles. The Bertz CT molecular complexity index is 709. The lowest BCUT2D eigenvalue weighted by Crippen LogP contribution is -1.90. The average Bonchev–Trinajstić information content (AvgIpc) is 2.38. The van der Waals surface area contributed by atoms with E-state index in [1.165, 1.54) is 30.6 Å². The van der Waals surface area contributed by atoms with Crippen LogP contribution in [0.3, 0.4) is 0 Å². The molecule has 3 rings (SSSR count). The van der Waals surface area contributed by atoms with Crippen LogP contribution in [0, 0.1) is 11.6 Å². The third kappa shape index (κ3) is 1.82. The van der Waals surface area contributed by atoms with E-state index in [1.807, 2.05) is 0 Å². The fraction of sp³-hybridized carbons (Fsp3) is 0. The molecule has 88 valence electrons. The normalized spacial score (nSPS) is 10.8. The molecule has 0 saturated carbocycles. The minimum atomic E-state index is -0.341. The van der Waals surface area contributed by atoms with Gasteiger partial charge in [-0.1, -0.05) is 0 Å². The largest absolute Gasteiger partial charge is 0.236 e. The minimum absolute atomic E-state index is 0.303. The molecule has 0 aliphatic rings. The zero-order valence-electron chi connectivity index (χ0n) is 9.27. The second-order valence-electron chi connectivity index (χ2n) is 3.89. The van der Waals surface area contributed by atoms with Crippen molar-refractivity contribution in [2.75, 3.05) is 0 Å². The Balaban J connectivity index is 2.26. The number of nitrogens with zero attached hydrogens (tertiary/aromatic N) is 2. The molecule has 2 nitrogen and oxygen atoms in total. The summed E-state index contributed by atoms with van der Waals surface area (Å²) in [6, 6.07) is 10.4. The molecule has 18 heavy (non-hydrogen) atoms. The summed E-state index contributed by atoms with van der Waals surface area (Å²) in [5.74, 6) is -0.644. The van der Waals surface area contributed by atoms with Crippen molar-refractivity contribution >= 4 is 10.9 Å². The third-order valence-corrected chi connectivity index (χ3v) is 2.72. The van der Waals surface area contributed by atoms with E-state index >= 15 is 0 Å². The summed E-state index contributed by atoms with van der Waals surface area (Å²) in [6.07, 6.45) is 1.38. The second-order valence-corrected chi connectivity index (χ2v) is 3.89. The molecule has 0 aliphatic carbocycles. The molecule has 0 atom stereocenters. The highest BCUT2D eigenvalue weighted by Crippen LogP contribution is 2.25. The van der Waals surface area contributed by atoms with E-state index in [0.717, 1.165) is 10.9 Å². The van der Waals surface area contributed by atoms with Crippen molar-refractivity contribution in [1.29, 1.82) is 0 Å². The van der Waals surface area contributed by atoms with Crippen molar-refractivity contribution in [1.82, 2.24) is 9.97 Å². The smallest absolute Gasteiger partial charge is 0.125 e. The fourth-order valence-electron chi connectivity index (χ4n) is 1.87. The Morgan fingerprint density at radius 3 is 2.28 bits per heavy atom. The predicted octanol–water partition coefficient (Wildman–Crippen LogP) is 3.58. The lowest BCUT2D eigenvalue weighted by molar-refractivity contribution is 0.628. The van der Waals surface area contributed by atoms with Gasteiger partial charge < -0.3 is 0 Å². The van der Waals surface area contributed by atoms with E-state index in [4.69, 9.17) is 0 Å². The Labute approximate surface area is 102 Å². The van der Waals surface area contributed by atoms with Crippen LogP contribution >= 0.6 is 0 Å². The monoisotopic (exact) mass is 242 g/mol. The third-order valence-electron chi connectivity index (χ3n) is 2.72. The van der Waals surface area contributed by atoms with Gasteiger partial charge in [-0.2, -0.15) is 0 Å². The summed E-state index contributed by atoms with van der Waals surface area (Å²) >= 11 is 0. The maximum absolute atomic E-state index is 13.1. The van der Waals surface area contributed by atoms with E-state index in [0.29, 0.717) is 11.2 Å². The van der Waals surface area contributed by atoms with Crippen LogP contribution in [-0.2, 0) is 0 Å². The highest BCUT2D eigenvalue weighted by Gasteiger charge is 2.07. The van der Waals surface area contributed by atoms with E-state index in [-0.39, 0.29) is 11.6 Å². The van der Waals surface area contributed by atoms with Crippen molar-refractivity contribution in [3.63, 3.8) is 0 Å². The number of benzene rings is 2. The van der Waals surface area contributed by atoms with Gasteiger partial charge in [0.25, 0.3) is 0 Å². The summed E-state index contributed by atoms with van der Waals surface area (Å²) in [5, 5.41) is 0.741. The number of fused-ring (bicyclic) bond motifs is 1. The molecule has 0 amide bonds. The van der Waals surface area contributed by atoms with Crippen LogP contribution < -0.4 is 0 Å². The van der Waals surface area contributed by atoms with E-state index in [2.05, 4.69) is 9.97 Å². The Morgan fingerprint density at radius 2 is 1.50 bits per heavy atom. The maximum Gasteiger partial charge on any atom is 0.125 e. The lowest BCUT2D eigenvalue weighted by atomic mass is 10.1. The zero-order valence-corrected chi connectivity index (χ0v) is 9.27. The van der Waals surface area contributed by atoms with Crippen LogP contribution in [0.2, 0.25) is 0 Å². The summed E-state index contributed by atoms with van der Waals surface area (Å²) in [4.78, 5) is 8.20. The molecule has 0 saturated heterocycles. The molecule has 0 bridgehead atoms. The van der Waals surface area contributed by atoms with Gasteiger partial charge in [0.15, 0.2) is 0 Å². The first-order valence-electron chi connectivity index (χ1n) is 5.40. The molecule has 2 aromatic carbocycles. The van der Waals surface area contributed by atoms with Crippen LogP contribution in [-0.4, -0.2) is 9.97 Å². The SMILES string of the molecule is Fc1ccc(-c2ncnc3cc(F)ccc23)cc1. The van der Waals surface area contributed by atoms with Crippen LogP contribution in [0.5, 0.6) is 0 Å². The zero-order chi connectivity index (χ0) is 12.5. The molecule has 0 fully saturated rings. The number of aromatic nitrogens is 2. The molecular weight excluding hydrogens is 234 g/mol. The van der Waals surface area contributed by atoms with Crippen LogP contribution in [0.1, 0.15) is 0 Å². The Hall–Kier alpha value is -2.36. The van der Waals surface area contributed by atoms with Crippen LogP contribution in [0.15, 0.2) is 48.8 Å². The maximum atomic E-state index is 13.1. The summed E-state index contributed by atoms with van der Waals surface area (Å²) < 4.78 is 26.0. The average molecular weight is 242 g/mol. The highest BCUT2D eigenvalue weighted by molar-refractivity contribution is 5.91. The summed E-state index contributed by atoms with van der Waals surface area (Å²) in [6.45, 7) is 0. The van der Waals surface area contributed by atoms with Gasteiger partial charge in [0.05, 0.1) is 11.2 Å². The first-order chi connectivity index (χ1) is 8.74. The molecule has 1 aromatic heterocycles. The topological polar surface area (TPSA) is 25.8 Å². The molecule has 0 N–H and O–H groups in total. The fourth-order valence-corrected chi connectivity index (χ4v) is 1.87. The molecular formula is C14H8F2N2. The first kappa shape index (κ1) is 10.8. The molecule has 1 heterocycles. The number of hydrogen-bond donors (Lipinski definition) is 0. The second kappa shape index (κ2) is 4.14. The summed E-state index contributed by atoms with van der Waals surface area (Å²) in [5.41, 5.74) is 1.97. The van der Waals surface area contributed by atoms with Crippen molar-refractivity contribution in [2.24, 2.45) is 0 Å². The van der Waals surface area contributed by atoms with Gasteiger partial charge in [-0.05, 0) is 36.4 Å². The van der Waals surface area contributed by atoms with Gasteiger partial charge in [-0.15, -0.1) is 0 Å². The van der Waals surface area contributed by atoms with Crippen LogP contribution in [0.25, 0.3) is 22.2 Å². The molecule has 0 radical (unpaired) electrons. The quantitative estimate of drug-likeness (QED) is 0.651. The number of rotatable bonds is 1. The predicted molar refractivity (Wildman–Crippen MR) is 64.9 cm³/mol. The van der Waals surface area contributed by atoms with Gasteiger partial charge in [-0.3, -0.25) is 0 Å². The molecule has 0 unspecified atom stereocenters. The van der Waals surface area contributed by atoms with Gasteiger partial charge in [0.2, 0.25) is 0 Å². The van der Waals surface area contributed by atoms with E-state index in [9.17, 15) is 8.78 Å². The Kier molecular flexibility index (Phi) is 2.48. The first-order valence-corrected chi connectivity index (χ1v) is 5.40. The Morgan fingerprint density at radius 1 is 0.778 bits per heavy atom. The minimum Gasteiger partial charge on any atom is -0.236 e. The lowest BCUT2D eigenvalue weighted by Gasteiger charge is -2.05. The number of hydrogen-bond acceptors (Lipinski definition) is 2. The van der Waals surface area contributed by atoms with Gasteiger partial charge in [0.1, 0.15) is 18.0 Å². The molecule has 0 spiro atoms. The van der Waals surface area contributed by atoms with Crippen molar-refractivity contribution in [3.8, 4) is 11.3 Å². The highest BCUT2D eigenvalue weighted by atomic mass is 19.1. The van der Waals surface area contributed by atoms with Gasteiger partial charge in [0, 0.05) is 17.0 Å². The van der Waals surface area contributed by atoms with Gasteiger partial charge in [-0.25, -0.2) is 18.7 Å². The molecule has 4 heteroatoms. The van der Waals surface area contributed by atoms with Gasteiger partial charge >= 0.3 is 0 Å². The molecule has 3 aromatic rings. The van der Waals surface area contributed by atoms with Crippen LogP contribution in [0.4, 0.5) is 8.78 Å². The van der Waals surface area contributed by atoms with Crippen molar-refractivity contribution < 1.29 is 8.78 Å². The van der Waals surface area contributed by atoms with E-state index in [1.54, 1.807) is 18.2 Å². The van der Waals surface area contributed by atoms with Crippen molar-refractivity contribution in [3.05, 3.63) is 60.4 Å². The number of halogens is 2. The standard InChI is InChI=1S/C14H8F2N2/c15-10-3-1-9(2-4-10)14-12-6-5-11(16)7-13(12)17-8-18-14/h1-8H. The van der Waals surface area contributed by atoms with E-state index < -0.39 is 0 Å². The summed E-state index contributed by atoms with van der Waals surface area (Å²) in [7, 11) is 0. The van der Waals surface area contributed by atoms with Crippen molar-refractivity contribution in [2.45, 2.75) is 0 Å².